The molecule has 14 rings (SSSR count). The summed E-state index contributed by atoms with van der Waals surface area (Å²) in [7, 11) is 0. The van der Waals surface area contributed by atoms with Gasteiger partial charge in [0.25, 0.3) is 0 Å². The average Bonchev–Trinajstić information content (AvgIpc) is 4.06. The maximum Gasteiger partial charge on any atom is 0.161 e. The molecular weight excluding hydrogens is 839 g/mol. The Morgan fingerprint density at radius 3 is 1.23 bits per heavy atom. The van der Waals surface area contributed by atoms with Gasteiger partial charge in [0.1, 0.15) is 0 Å². The molecule has 0 bridgehead atoms. The predicted molar refractivity (Wildman–Crippen MR) is 287 cm³/mol. The van der Waals surface area contributed by atoms with Crippen molar-refractivity contribution >= 4 is 65.4 Å². The first-order chi connectivity index (χ1) is 34.3. The van der Waals surface area contributed by atoms with Crippen molar-refractivity contribution in [3.63, 3.8) is 0 Å². The first kappa shape index (κ1) is 38.9. The minimum Gasteiger partial charge on any atom is -0.309 e. The smallest absolute Gasteiger partial charge is 0.161 e. The van der Waals surface area contributed by atoms with E-state index in [2.05, 4.69) is 262 Å². The van der Waals surface area contributed by atoms with Crippen molar-refractivity contribution in [2.75, 3.05) is 0 Å². The molecule has 14 aromatic rings. The topological polar surface area (TPSA) is 40.6 Å². The third kappa shape index (κ3) is 6.11. The molecule has 0 radical (unpaired) electrons. The normalized spacial score (nSPS) is 11.8. The molecule has 4 aromatic heterocycles. The lowest BCUT2D eigenvalue weighted by Gasteiger charge is -2.21. The van der Waals surface area contributed by atoms with Gasteiger partial charge in [-0.1, -0.05) is 182 Å². The van der Waals surface area contributed by atoms with Gasteiger partial charge in [0.05, 0.1) is 55.9 Å². The van der Waals surface area contributed by atoms with Gasteiger partial charge in [0, 0.05) is 65.8 Å². The average molecular weight is 880 g/mol. The van der Waals surface area contributed by atoms with E-state index in [1.54, 1.807) is 0 Å². The van der Waals surface area contributed by atoms with E-state index in [0.29, 0.717) is 5.82 Å². The summed E-state index contributed by atoms with van der Waals surface area (Å²) < 4.78 is 7.33. The number of nitrogens with zero attached hydrogens (tertiary/aromatic N) is 5. The Kier molecular flexibility index (Phi) is 8.83. The van der Waals surface area contributed by atoms with E-state index >= 15 is 0 Å². The SMILES string of the molecule is c1ccc(-c2cc(-c3ccccc3)nc(-c3cccc(-n4c5ccccc5c5cc6c7ccccc7n(-c7ccccc7)c6cc54)c3-c3ccccc3-n3c4ccccc4c4ccccc43)n2)cc1. The lowest BCUT2D eigenvalue weighted by molar-refractivity contribution is 1.14. The van der Waals surface area contributed by atoms with Gasteiger partial charge in [-0.05, 0) is 66.7 Å². The number of hydrogen-bond acceptors (Lipinski definition) is 2. The van der Waals surface area contributed by atoms with Crippen molar-refractivity contribution in [3.8, 4) is 62.1 Å². The maximum absolute atomic E-state index is 5.50. The third-order valence-corrected chi connectivity index (χ3v) is 13.9. The van der Waals surface area contributed by atoms with E-state index in [4.69, 9.17) is 9.97 Å². The van der Waals surface area contributed by atoms with Gasteiger partial charge >= 0.3 is 0 Å². The molecule has 69 heavy (non-hydrogen) atoms. The Morgan fingerprint density at radius 2 is 0.667 bits per heavy atom. The summed E-state index contributed by atoms with van der Waals surface area (Å²) in [5, 5.41) is 7.24. The number of fused-ring (bicyclic) bond motifs is 9. The van der Waals surface area contributed by atoms with Crippen LogP contribution in [0.25, 0.3) is 128 Å². The zero-order valence-corrected chi connectivity index (χ0v) is 37.4. The molecule has 0 aliphatic carbocycles. The molecule has 322 valence electrons. The molecule has 10 aromatic carbocycles. The predicted octanol–water partition coefficient (Wildman–Crippen LogP) is 16.4. The summed E-state index contributed by atoms with van der Waals surface area (Å²) in [6.45, 7) is 0. The number of para-hydroxylation sites is 6. The fraction of sp³-hybridized carbons (Fsp3) is 0. The van der Waals surface area contributed by atoms with E-state index in [0.717, 1.165) is 83.9 Å². The van der Waals surface area contributed by atoms with Gasteiger partial charge in [0.15, 0.2) is 5.82 Å². The molecule has 5 heteroatoms. The molecule has 0 saturated carbocycles. The first-order valence-electron chi connectivity index (χ1n) is 23.5. The first-order valence-corrected chi connectivity index (χ1v) is 23.5. The fourth-order valence-corrected chi connectivity index (χ4v) is 10.9. The Balaban J connectivity index is 1.13. The van der Waals surface area contributed by atoms with E-state index in [9.17, 15) is 0 Å². The largest absolute Gasteiger partial charge is 0.309 e. The van der Waals surface area contributed by atoms with Crippen molar-refractivity contribution in [2.24, 2.45) is 0 Å². The van der Waals surface area contributed by atoms with Crippen molar-refractivity contribution < 1.29 is 0 Å². The van der Waals surface area contributed by atoms with Crippen LogP contribution in [-0.2, 0) is 0 Å². The number of rotatable bonds is 7. The summed E-state index contributed by atoms with van der Waals surface area (Å²) >= 11 is 0. The Bertz CT molecular complexity index is 4180. The van der Waals surface area contributed by atoms with Crippen LogP contribution in [0.5, 0.6) is 0 Å². The maximum atomic E-state index is 5.50. The third-order valence-electron chi connectivity index (χ3n) is 13.9. The second-order valence-corrected chi connectivity index (χ2v) is 17.7. The van der Waals surface area contributed by atoms with E-state index in [1.165, 1.54) is 37.8 Å². The van der Waals surface area contributed by atoms with Crippen LogP contribution in [-0.4, -0.2) is 23.7 Å². The summed E-state index contributed by atoms with van der Waals surface area (Å²) in [5.74, 6) is 0.649. The van der Waals surface area contributed by atoms with Crippen LogP contribution in [0.2, 0.25) is 0 Å². The summed E-state index contributed by atoms with van der Waals surface area (Å²) in [6, 6.07) is 89.2. The van der Waals surface area contributed by atoms with Crippen LogP contribution in [0.4, 0.5) is 0 Å². The molecule has 0 saturated heterocycles. The second-order valence-electron chi connectivity index (χ2n) is 17.7. The van der Waals surface area contributed by atoms with Crippen molar-refractivity contribution in [3.05, 3.63) is 249 Å². The quantitative estimate of drug-likeness (QED) is 0.160. The van der Waals surface area contributed by atoms with Crippen LogP contribution in [0, 0.1) is 0 Å². The highest BCUT2D eigenvalue weighted by atomic mass is 15.0. The zero-order chi connectivity index (χ0) is 45.4. The summed E-state index contributed by atoms with van der Waals surface area (Å²) in [5.41, 5.74) is 16.9. The molecule has 0 spiro atoms. The molecule has 0 amide bonds. The van der Waals surface area contributed by atoms with E-state index in [-0.39, 0.29) is 0 Å². The standard InChI is InChI=1S/C64H41N5/c1-4-21-42(22-5-1)53-40-54(43-23-6-2-7-24-43)66-64(65-53)50-32-20-38-60(63(50)49-31-14-19-37-59(49)68-56-34-16-10-27-45(56)46-28-11-17-35-57(46)68)69-58-36-18-13-30-48(58)52-39-51-47-29-12-15-33-55(47)67(61(51)41-62(52)69)44-25-8-3-9-26-44/h1-41H. The molecule has 5 nitrogen and oxygen atoms in total. The summed E-state index contributed by atoms with van der Waals surface area (Å²) in [4.78, 5) is 11.0. The summed E-state index contributed by atoms with van der Waals surface area (Å²) in [6.07, 6.45) is 0. The number of aromatic nitrogens is 5. The molecule has 0 aliphatic heterocycles. The van der Waals surface area contributed by atoms with Crippen molar-refractivity contribution in [2.45, 2.75) is 0 Å². The molecule has 0 fully saturated rings. The van der Waals surface area contributed by atoms with Crippen LogP contribution in [0.1, 0.15) is 0 Å². The highest BCUT2D eigenvalue weighted by Crippen LogP contribution is 2.46. The van der Waals surface area contributed by atoms with Gasteiger partial charge in [0.2, 0.25) is 0 Å². The van der Waals surface area contributed by atoms with Crippen molar-refractivity contribution in [1.29, 1.82) is 0 Å². The molecule has 0 aliphatic rings. The minimum absolute atomic E-state index is 0.649. The Morgan fingerprint density at radius 1 is 0.261 bits per heavy atom. The van der Waals surface area contributed by atoms with Gasteiger partial charge < -0.3 is 13.7 Å². The van der Waals surface area contributed by atoms with Gasteiger partial charge in [-0.2, -0.15) is 0 Å². The Hall–Kier alpha value is -9.32. The molecule has 4 heterocycles. The van der Waals surface area contributed by atoms with Crippen LogP contribution < -0.4 is 0 Å². The van der Waals surface area contributed by atoms with Crippen molar-refractivity contribution in [1.82, 2.24) is 23.7 Å². The lowest BCUT2D eigenvalue weighted by Crippen LogP contribution is -2.05. The van der Waals surface area contributed by atoms with Crippen LogP contribution in [0.3, 0.4) is 0 Å². The van der Waals surface area contributed by atoms with Crippen LogP contribution >= 0.6 is 0 Å². The highest BCUT2D eigenvalue weighted by Gasteiger charge is 2.26. The number of hydrogen-bond donors (Lipinski definition) is 0. The fourth-order valence-electron chi connectivity index (χ4n) is 10.9. The molecule has 0 atom stereocenters. The molecular formula is C64H41N5. The van der Waals surface area contributed by atoms with Crippen LogP contribution in [0.15, 0.2) is 249 Å². The highest BCUT2D eigenvalue weighted by molar-refractivity contribution is 6.20. The molecule has 0 unspecified atom stereocenters. The van der Waals surface area contributed by atoms with Gasteiger partial charge in [-0.25, -0.2) is 9.97 Å². The van der Waals surface area contributed by atoms with E-state index < -0.39 is 0 Å². The zero-order valence-electron chi connectivity index (χ0n) is 37.4. The Labute approximate surface area is 398 Å². The second kappa shape index (κ2) is 15.7. The molecule has 0 N–H and O–H groups in total. The minimum atomic E-state index is 0.649. The van der Waals surface area contributed by atoms with Gasteiger partial charge in [-0.15, -0.1) is 0 Å². The van der Waals surface area contributed by atoms with E-state index in [1.807, 2.05) is 0 Å². The number of benzene rings is 10. The lowest BCUT2D eigenvalue weighted by atomic mass is 9.94. The monoisotopic (exact) mass is 879 g/mol. The van der Waals surface area contributed by atoms with Gasteiger partial charge in [-0.3, -0.25) is 0 Å².